The van der Waals surface area contributed by atoms with Gasteiger partial charge in [-0.3, -0.25) is 0 Å². The van der Waals surface area contributed by atoms with Gasteiger partial charge >= 0.3 is 0 Å². The molecule has 0 bridgehead atoms. The molecule has 1 N–H and O–H groups in total. The molecule has 0 aliphatic rings. The molecular formula is C15H23NO. The summed E-state index contributed by atoms with van der Waals surface area (Å²) in [6, 6.07) is 6.30. The van der Waals surface area contributed by atoms with Gasteiger partial charge in [0.15, 0.2) is 0 Å². The van der Waals surface area contributed by atoms with Crippen LogP contribution in [0.2, 0.25) is 0 Å². The molecule has 0 heterocycles. The third-order valence-electron chi connectivity index (χ3n) is 2.66. The van der Waals surface area contributed by atoms with E-state index in [1.54, 1.807) is 0 Å². The van der Waals surface area contributed by atoms with Crippen LogP contribution in [0.5, 0.6) is 5.75 Å². The molecule has 0 aliphatic heterocycles. The van der Waals surface area contributed by atoms with Crippen LogP contribution in [0.3, 0.4) is 0 Å². The van der Waals surface area contributed by atoms with Gasteiger partial charge in [0.1, 0.15) is 5.75 Å². The van der Waals surface area contributed by atoms with Crippen LogP contribution in [-0.4, -0.2) is 13.2 Å². The number of aryl methyl sites for hydroxylation is 1. The van der Waals surface area contributed by atoms with Crippen molar-refractivity contribution in [2.45, 2.75) is 33.2 Å². The Kier molecular flexibility index (Phi) is 6.41. The van der Waals surface area contributed by atoms with E-state index in [9.17, 15) is 0 Å². The first-order valence-electron chi connectivity index (χ1n) is 6.32. The van der Waals surface area contributed by atoms with Crippen molar-refractivity contribution >= 4 is 0 Å². The lowest BCUT2D eigenvalue weighted by molar-refractivity contribution is 0.306. The Morgan fingerprint density at radius 2 is 2.24 bits per heavy atom. The van der Waals surface area contributed by atoms with E-state index in [4.69, 9.17) is 4.74 Å². The second-order valence-electron chi connectivity index (χ2n) is 4.12. The summed E-state index contributed by atoms with van der Waals surface area (Å²) in [6.45, 7) is 10.5. The average molecular weight is 233 g/mol. The van der Waals surface area contributed by atoms with Crippen molar-refractivity contribution in [2.75, 3.05) is 13.2 Å². The fourth-order valence-electron chi connectivity index (χ4n) is 1.72. The second-order valence-corrected chi connectivity index (χ2v) is 4.12. The van der Waals surface area contributed by atoms with Crippen molar-refractivity contribution in [3.8, 4) is 5.75 Å². The highest BCUT2D eigenvalue weighted by Gasteiger charge is 2.05. The maximum absolute atomic E-state index is 5.88. The lowest BCUT2D eigenvalue weighted by Gasteiger charge is -2.14. The number of para-hydroxylation sites is 1. The molecule has 1 aromatic rings. The van der Waals surface area contributed by atoms with Crippen molar-refractivity contribution in [3.63, 3.8) is 0 Å². The standard InChI is InChI=1S/C15H23NO/c1-4-6-7-11-17-15-13(3)9-8-10-14(15)12-16-5-2/h4,8-10,16H,1,5-7,11-12H2,2-3H3. The molecule has 2 nitrogen and oxygen atoms in total. The van der Waals surface area contributed by atoms with Gasteiger partial charge in [-0.15, -0.1) is 6.58 Å². The fourth-order valence-corrected chi connectivity index (χ4v) is 1.72. The Labute approximate surface area is 105 Å². The number of unbranched alkanes of at least 4 members (excludes halogenated alkanes) is 1. The second kappa shape index (κ2) is 7.91. The summed E-state index contributed by atoms with van der Waals surface area (Å²) in [4.78, 5) is 0. The number of ether oxygens (including phenoxy) is 1. The number of hydrogen-bond acceptors (Lipinski definition) is 2. The number of rotatable bonds is 8. The van der Waals surface area contributed by atoms with E-state index in [0.717, 1.165) is 38.3 Å². The Balaban J connectivity index is 2.62. The number of allylic oxidation sites excluding steroid dienone is 1. The zero-order valence-electron chi connectivity index (χ0n) is 11.0. The Morgan fingerprint density at radius 3 is 2.94 bits per heavy atom. The normalized spacial score (nSPS) is 10.2. The largest absolute Gasteiger partial charge is 0.493 e. The topological polar surface area (TPSA) is 21.3 Å². The lowest BCUT2D eigenvalue weighted by atomic mass is 10.1. The van der Waals surface area contributed by atoms with Crippen LogP contribution in [0, 0.1) is 6.92 Å². The lowest BCUT2D eigenvalue weighted by Crippen LogP contribution is -2.13. The number of hydrogen-bond donors (Lipinski definition) is 1. The van der Waals surface area contributed by atoms with Gasteiger partial charge in [-0.2, -0.15) is 0 Å². The number of benzene rings is 1. The molecule has 0 aromatic heterocycles. The first-order valence-corrected chi connectivity index (χ1v) is 6.32. The van der Waals surface area contributed by atoms with Crippen LogP contribution in [0.25, 0.3) is 0 Å². The third kappa shape index (κ3) is 4.61. The smallest absolute Gasteiger partial charge is 0.126 e. The molecule has 0 saturated carbocycles. The van der Waals surface area contributed by atoms with Crippen molar-refractivity contribution in [1.29, 1.82) is 0 Å². The molecule has 0 fully saturated rings. The molecule has 94 valence electrons. The highest BCUT2D eigenvalue weighted by molar-refractivity contribution is 5.40. The molecule has 0 radical (unpaired) electrons. The quantitative estimate of drug-likeness (QED) is 0.548. The van der Waals surface area contributed by atoms with Crippen molar-refractivity contribution < 1.29 is 4.74 Å². The van der Waals surface area contributed by atoms with Crippen LogP contribution < -0.4 is 10.1 Å². The molecule has 0 saturated heterocycles. The van der Waals surface area contributed by atoms with E-state index in [1.165, 1.54) is 11.1 Å². The summed E-state index contributed by atoms with van der Waals surface area (Å²) in [7, 11) is 0. The van der Waals surface area contributed by atoms with Gasteiger partial charge in [0, 0.05) is 12.1 Å². The molecule has 0 unspecified atom stereocenters. The SMILES string of the molecule is C=CCCCOc1c(C)cccc1CNCC. The molecule has 2 heteroatoms. The van der Waals surface area contributed by atoms with E-state index in [0.29, 0.717) is 0 Å². The van der Waals surface area contributed by atoms with Crippen LogP contribution in [0.15, 0.2) is 30.9 Å². The molecule has 1 aromatic carbocycles. The predicted molar refractivity (Wildman–Crippen MR) is 73.5 cm³/mol. The molecule has 0 spiro atoms. The van der Waals surface area contributed by atoms with Gasteiger partial charge in [-0.1, -0.05) is 31.2 Å². The summed E-state index contributed by atoms with van der Waals surface area (Å²) in [6.07, 6.45) is 3.97. The minimum absolute atomic E-state index is 0.760. The van der Waals surface area contributed by atoms with Crippen LogP contribution in [-0.2, 0) is 6.54 Å². The van der Waals surface area contributed by atoms with E-state index < -0.39 is 0 Å². The van der Waals surface area contributed by atoms with Crippen LogP contribution in [0.4, 0.5) is 0 Å². The minimum Gasteiger partial charge on any atom is -0.493 e. The van der Waals surface area contributed by atoms with E-state index in [-0.39, 0.29) is 0 Å². The monoisotopic (exact) mass is 233 g/mol. The Bertz CT molecular complexity index is 347. The van der Waals surface area contributed by atoms with Crippen LogP contribution in [0.1, 0.15) is 30.9 Å². The van der Waals surface area contributed by atoms with Crippen molar-refractivity contribution in [1.82, 2.24) is 5.32 Å². The molecule has 17 heavy (non-hydrogen) atoms. The van der Waals surface area contributed by atoms with E-state index in [1.807, 2.05) is 6.08 Å². The van der Waals surface area contributed by atoms with Crippen molar-refractivity contribution in [3.05, 3.63) is 42.0 Å². The summed E-state index contributed by atoms with van der Waals surface area (Å²) >= 11 is 0. The van der Waals surface area contributed by atoms with Gasteiger partial charge in [0.2, 0.25) is 0 Å². The zero-order chi connectivity index (χ0) is 12.5. The van der Waals surface area contributed by atoms with Gasteiger partial charge in [0.05, 0.1) is 6.61 Å². The van der Waals surface area contributed by atoms with Gasteiger partial charge < -0.3 is 10.1 Å². The Hall–Kier alpha value is -1.28. The minimum atomic E-state index is 0.760. The molecule has 0 atom stereocenters. The highest BCUT2D eigenvalue weighted by Crippen LogP contribution is 2.23. The molecule has 0 amide bonds. The highest BCUT2D eigenvalue weighted by atomic mass is 16.5. The average Bonchev–Trinajstić information content (AvgIpc) is 2.34. The molecule has 1 rings (SSSR count). The zero-order valence-corrected chi connectivity index (χ0v) is 11.0. The maximum Gasteiger partial charge on any atom is 0.126 e. The summed E-state index contributed by atoms with van der Waals surface area (Å²) < 4.78 is 5.88. The summed E-state index contributed by atoms with van der Waals surface area (Å²) in [5.74, 6) is 1.04. The first kappa shape index (κ1) is 13.8. The van der Waals surface area contributed by atoms with Gasteiger partial charge in [-0.05, 0) is 31.9 Å². The van der Waals surface area contributed by atoms with Crippen LogP contribution >= 0.6 is 0 Å². The van der Waals surface area contributed by atoms with E-state index in [2.05, 4.69) is 43.9 Å². The summed E-state index contributed by atoms with van der Waals surface area (Å²) in [5.41, 5.74) is 2.45. The molecule has 0 aliphatic carbocycles. The maximum atomic E-state index is 5.88. The van der Waals surface area contributed by atoms with Crippen molar-refractivity contribution in [2.24, 2.45) is 0 Å². The number of nitrogens with one attached hydrogen (secondary N) is 1. The Morgan fingerprint density at radius 1 is 1.41 bits per heavy atom. The summed E-state index contributed by atoms with van der Waals surface area (Å²) in [5, 5.41) is 3.34. The van der Waals surface area contributed by atoms with Gasteiger partial charge in [0.25, 0.3) is 0 Å². The van der Waals surface area contributed by atoms with Gasteiger partial charge in [-0.25, -0.2) is 0 Å². The third-order valence-corrected chi connectivity index (χ3v) is 2.66. The van der Waals surface area contributed by atoms with E-state index >= 15 is 0 Å². The predicted octanol–water partition coefficient (Wildman–Crippen LogP) is 3.45. The fraction of sp³-hybridized carbons (Fsp3) is 0.467. The molecular weight excluding hydrogens is 210 g/mol. The first-order chi connectivity index (χ1) is 8.29.